The zero-order chi connectivity index (χ0) is 15.6. The van der Waals surface area contributed by atoms with E-state index in [1.807, 2.05) is 19.1 Å². The topological polar surface area (TPSA) is 72.2 Å². The van der Waals surface area contributed by atoms with Crippen molar-refractivity contribution in [3.63, 3.8) is 0 Å². The van der Waals surface area contributed by atoms with Gasteiger partial charge in [0.1, 0.15) is 0 Å². The van der Waals surface area contributed by atoms with E-state index < -0.39 is 4.92 Å². The molecule has 0 saturated heterocycles. The minimum absolute atomic E-state index is 0.0639. The molecule has 0 aliphatic carbocycles. The molecule has 2 rings (SSSR count). The number of nitrogens with zero attached hydrogens (tertiary/aromatic N) is 1. The fourth-order valence-corrected chi connectivity index (χ4v) is 2.25. The second-order valence-corrected chi connectivity index (χ2v) is 5.44. The van der Waals surface area contributed by atoms with Crippen molar-refractivity contribution in [1.82, 2.24) is 0 Å². The molecule has 0 aliphatic heterocycles. The number of hydrogen-bond donors (Lipinski definition) is 1. The third-order valence-corrected chi connectivity index (χ3v) is 4.16. The molecular formula is C15H13BrN2O3. The second kappa shape index (κ2) is 6.05. The van der Waals surface area contributed by atoms with Crippen LogP contribution in [0.3, 0.4) is 0 Å². The highest BCUT2D eigenvalue weighted by atomic mass is 79.9. The van der Waals surface area contributed by atoms with E-state index >= 15 is 0 Å². The minimum Gasteiger partial charge on any atom is -0.321 e. The van der Waals surface area contributed by atoms with Crippen molar-refractivity contribution in [2.45, 2.75) is 13.8 Å². The van der Waals surface area contributed by atoms with Gasteiger partial charge in [-0.15, -0.1) is 0 Å². The van der Waals surface area contributed by atoms with E-state index in [1.165, 1.54) is 6.07 Å². The molecule has 0 atom stereocenters. The first-order valence-electron chi connectivity index (χ1n) is 6.21. The highest BCUT2D eigenvalue weighted by Gasteiger charge is 2.15. The first kappa shape index (κ1) is 15.2. The molecule has 0 unspecified atom stereocenters. The maximum atomic E-state index is 12.2. The lowest BCUT2D eigenvalue weighted by Crippen LogP contribution is -2.13. The third-order valence-electron chi connectivity index (χ3n) is 3.11. The molecule has 0 radical (unpaired) electrons. The summed E-state index contributed by atoms with van der Waals surface area (Å²) in [6.07, 6.45) is 0. The van der Waals surface area contributed by atoms with Crippen LogP contribution in [0.5, 0.6) is 0 Å². The van der Waals surface area contributed by atoms with Gasteiger partial charge >= 0.3 is 0 Å². The van der Waals surface area contributed by atoms with Crippen LogP contribution in [0.15, 0.2) is 40.9 Å². The highest BCUT2D eigenvalue weighted by Crippen LogP contribution is 2.27. The Kier molecular flexibility index (Phi) is 4.37. The van der Waals surface area contributed by atoms with E-state index in [9.17, 15) is 14.9 Å². The first-order chi connectivity index (χ1) is 9.90. The van der Waals surface area contributed by atoms with Gasteiger partial charge in [0.05, 0.1) is 10.6 Å². The standard InChI is InChI=1S/C15H13BrN2O3/c1-9-6-7-11(8-13(9)18(20)21)15(19)17-12-5-3-4-10(2)14(12)16/h3-8H,1-2H3,(H,17,19). The zero-order valence-electron chi connectivity index (χ0n) is 11.5. The van der Waals surface area contributed by atoms with Gasteiger partial charge in [0.2, 0.25) is 0 Å². The molecule has 2 aromatic carbocycles. The number of nitrogens with one attached hydrogen (secondary N) is 1. The molecule has 0 fully saturated rings. The van der Waals surface area contributed by atoms with Crippen LogP contribution in [-0.2, 0) is 0 Å². The number of nitro groups is 1. The van der Waals surface area contributed by atoms with Gasteiger partial charge in [0.15, 0.2) is 0 Å². The van der Waals surface area contributed by atoms with Gasteiger partial charge in [0, 0.05) is 21.7 Å². The predicted molar refractivity (Wildman–Crippen MR) is 84.7 cm³/mol. The number of halogens is 1. The summed E-state index contributed by atoms with van der Waals surface area (Å²) in [7, 11) is 0. The number of aryl methyl sites for hydroxylation is 2. The summed E-state index contributed by atoms with van der Waals surface area (Å²) < 4.78 is 0.792. The Morgan fingerprint density at radius 2 is 1.90 bits per heavy atom. The van der Waals surface area contributed by atoms with Gasteiger partial charge in [0.25, 0.3) is 11.6 Å². The van der Waals surface area contributed by atoms with E-state index in [4.69, 9.17) is 0 Å². The molecule has 0 bridgehead atoms. The lowest BCUT2D eigenvalue weighted by Gasteiger charge is -2.09. The molecule has 21 heavy (non-hydrogen) atoms. The van der Waals surface area contributed by atoms with Crippen molar-refractivity contribution in [2.75, 3.05) is 5.32 Å². The lowest BCUT2D eigenvalue weighted by atomic mass is 10.1. The van der Waals surface area contributed by atoms with Gasteiger partial charge in [-0.1, -0.05) is 18.2 Å². The number of hydrogen-bond acceptors (Lipinski definition) is 3. The normalized spacial score (nSPS) is 10.2. The fourth-order valence-electron chi connectivity index (χ4n) is 1.89. The van der Waals surface area contributed by atoms with Crippen molar-refractivity contribution in [3.05, 3.63) is 67.7 Å². The average Bonchev–Trinajstić information content (AvgIpc) is 2.44. The second-order valence-electron chi connectivity index (χ2n) is 4.65. The molecule has 0 spiro atoms. The van der Waals surface area contributed by atoms with E-state index in [0.717, 1.165) is 10.0 Å². The molecule has 0 saturated carbocycles. The highest BCUT2D eigenvalue weighted by molar-refractivity contribution is 9.10. The Labute approximate surface area is 130 Å². The summed E-state index contributed by atoms with van der Waals surface area (Å²) in [5.74, 6) is -0.385. The van der Waals surface area contributed by atoms with Crippen molar-refractivity contribution < 1.29 is 9.72 Å². The Balaban J connectivity index is 2.31. The number of carbonyl (C=O) groups is 1. The summed E-state index contributed by atoms with van der Waals surface area (Å²) in [6.45, 7) is 3.55. The monoisotopic (exact) mass is 348 g/mol. The lowest BCUT2D eigenvalue weighted by molar-refractivity contribution is -0.385. The third kappa shape index (κ3) is 3.28. The largest absolute Gasteiger partial charge is 0.321 e. The van der Waals surface area contributed by atoms with Crippen LogP contribution < -0.4 is 5.32 Å². The van der Waals surface area contributed by atoms with Crippen molar-refractivity contribution >= 4 is 33.2 Å². The fraction of sp³-hybridized carbons (Fsp3) is 0.133. The van der Waals surface area contributed by atoms with Crippen LogP contribution in [0.2, 0.25) is 0 Å². The summed E-state index contributed by atoms with van der Waals surface area (Å²) in [6, 6.07) is 9.93. The van der Waals surface area contributed by atoms with E-state index in [1.54, 1.807) is 25.1 Å². The summed E-state index contributed by atoms with van der Waals surface area (Å²) in [5.41, 5.74) is 2.32. The van der Waals surface area contributed by atoms with Crippen LogP contribution in [0.1, 0.15) is 21.5 Å². The molecule has 1 N–H and O–H groups in total. The first-order valence-corrected chi connectivity index (χ1v) is 7.01. The van der Waals surface area contributed by atoms with Gasteiger partial charge in [-0.05, 0) is 47.5 Å². The van der Waals surface area contributed by atoms with Crippen molar-refractivity contribution in [2.24, 2.45) is 0 Å². The molecule has 5 nitrogen and oxygen atoms in total. The smallest absolute Gasteiger partial charge is 0.273 e. The van der Waals surface area contributed by atoms with Crippen molar-refractivity contribution in [1.29, 1.82) is 0 Å². The SMILES string of the molecule is Cc1ccc(C(=O)Nc2cccc(C)c2Br)cc1[N+](=O)[O-]. The number of amides is 1. The van der Waals surface area contributed by atoms with Gasteiger partial charge in [-0.3, -0.25) is 14.9 Å². The number of benzene rings is 2. The van der Waals surface area contributed by atoms with E-state index in [0.29, 0.717) is 11.3 Å². The Hall–Kier alpha value is -2.21. The predicted octanol–water partition coefficient (Wildman–Crippen LogP) is 4.23. The number of nitro benzene ring substituents is 1. The Bertz CT molecular complexity index is 729. The summed E-state index contributed by atoms with van der Waals surface area (Å²) in [5, 5.41) is 13.7. The molecule has 2 aromatic rings. The van der Waals surface area contributed by atoms with Crippen LogP contribution in [0, 0.1) is 24.0 Å². The maximum absolute atomic E-state index is 12.2. The van der Waals surface area contributed by atoms with E-state index in [-0.39, 0.29) is 17.2 Å². The minimum atomic E-state index is -0.491. The maximum Gasteiger partial charge on any atom is 0.273 e. The van der Waals surface area contributed by atoms with E-state index in [2.05, 4.69) is 21.2 Å². The Morgan fingerprint density at radius 1 is 1.19 bits per heavy atom. The van der Waals surface area contributed by atoms with Crippen LogP contribution in [-0.4, -0.2) is 10.8 Å². The number of anilines is 1. The van der Waals surface area contributed by atoms with Crippen molar-refractivity contribution in [3.8, 4) is 0 Å². The average molecular weight is 349 g/mol. The van der Waals surface area contributed by atoms with Crippen LogP contribution in [0.25, 0.3) is 0 Å². The van der Waals surface area contributed by atoms with Crippen LogP contribution in [0.4, 0.5) is 11.4 Å². The molecular weight excluding hydrogens is 336 g/mol. The van der Waals surface area contributed by atoms with Gasteiger partial charge in [-0.2, -0.15) is 0 Å². The Morgan fingerprint density at radius 3 is 2.57 bits per heavy atom. The van der Waals surface area contributed by atoms with Gasteiger partial charge < -0.3 is 5.32 Å². The van der Waals surface area contributed by atoms with Crippen LogP contribution >= 0.6 is 15.9 Å². The molecule has 1 amide bonds. The molecule has 0 aromatic heterocycles. The van der Waals surface area contributed by atoms with Gasteiger partial charge in [-0.25, -0.2) is 0 Å². The molecule has 0 aliphatic rings. The molecule has 0 heterocycles. The molecule has 108 valence electrons. The quantitative estimate of drug-likeness (QED) is 0.666. The number of rotatable bonds is 3. The number of carbonyl (C=O) groups excluding carboxylic acids is 1. The zero-order valence-corrected chi connectivity index (χ0v) is 13.1. The summed E-state index contributed by atoms with van der Waals surface area (Å²) >= 11 is 3.41. The summed E-state index contributed by atoms with van der Waals surface area (Å²) in [4.78, 5) is 22.6. The molecule has 6 heteroatoms.